The molecule has 37 heavy (non-hydrogen) atoms. The molecule has 0 fully saturated rings. The summed E-state index contributed by atoms with van der Waals surface area (Å²) in [6.07, 6.45) is 0. The van der Waals surface area contributed by atoms with Crippen LogP contribution in [0.15, 0.2) is 80.9 Å². The minimum Gasteiger partial charge on any atom is -0.463 e. The summed E-state index contributed by atoms with van der Waals surface area (Å²) >= 11 is 4.94. The van der Waals surface area contributed by atoms with Gasteiger partial charge in [-0.2, -0.15) is 0 Å². The Morgan fingerprint density at radius 3 is 2.16 bits per heavy atom. The van der Waals surface area contributed by atoms with Gasteiger partial charge < -0.3 is 20.1 Å². The number of nitrogens with zero attached hydrogens (tertiary/aromatic N) is 1. The second-order valence-corrected chi connectivity index (χ2v) is 10.1. The van der Waals surface area contributed by atoms with E-state index in [0.29, 0.717) is 27.7 Å². The Bertz CT molecular complexity index is 1340. The first-order valence-corrected chi connectivity index (χ1v) is 13.6. The van der Waals surface area contributed by atoms with Crippen molar-refractivity contribution >= 4 is 50.0 Å². The molecule has 2 heterocycles. The smallest absolute Gasteiger partial charge is 0.336 e. The predicted molar refractivity (Wildman–Crippen MR) is 150 cm³/mol. The quantitative estimate of drug-likeness (QED) is 0.287. The van der Waals surface area contributed by atoms with E-state index in [9.17, 15) is 9.59 Å². The molecule has 4 rings (SSSR count). The molecule has 9 heteroatoms. The van der Waals surface area contributed by atoms with E-state index in [-0.39, 0.29) is 13.2 Å². The van der Waals surface area contributed by atoms with E-state index < -0.39 is 17.9 Å². The molecule has 0 saturated carbocycles. The zero-order valence-corrected chi connectivity index (χ0v) is 23.5. The molecule has 0 radical (unpaired) electrons. The van der Waals surface area contributed by atoms with Crippen molar-refractivity contribution < 1.29 is 19.1 Å². The Morgan fingerprint density at radius 2 is 1.57 bits per heavy atom. The average molecular weight is 583 g/mol. The first-order chi connectivity index (χ1) is 17.8. The second-order valence-electron chi connectivity index (χ2n) is 8.33. The highest BCUT2D eigenvalue weighted by Gasteiger charge is 2.39. The number of para-hydroxylation sites is 1. The van der Waals surface area contributed by atoms with Gasteiger partial charge in [-0.1, -0.05) is 46.3 Å². The molecule has 1 aliphatic heterocycles. The van der Waals surface area contributed by atoms with Crippen LogP contribution in [0.4, 0.5) is 10.8 Å². The predicted octanol–water partition coefficient (Wildman–Crippen LogP) is 6.68. The molecule has 0 atom stereocenters. The van der Waals surface area contributed by atoms with Gasteiger partial charge in [-0.15, -0.1) is 11.3 Å². The minimum absolute atomic E-state index is 0.220. The number of halogens is 1. The summed E-state index contributed by atoms with van der Waals surface area (Å²) in [4.78, 5) is 31.1. The fourth-order valence-electron chi connectivity index (χ4n) is 4.33. The number of carbonyl (C=O) groups excluding carboxylic acids is 2. The molecule has 0 unspecified atom stereocenters. The molecule has 3 aromatic rings. The highest BCUT2D eigenvalue weighted by Crippen LogP contribution is 2.43. The Balaban J connectivity index is 1.77. The van der Waals surface area contributed by atoms with E-state index in [1.54, 1.807) is 13.8 Å². The van der Waals surface area contributed by atoms with E-state index >= 15 is 0 Å². The molecule has 192 valence electrons. The summed E-state index contributed by atoms with van der Waals surface area (Å²) in [7, 11) is 0. The number of dihydropyridines is 1. The van der Waals surface area contributed by atoms with E-state index in [1.165, 1.54) is 11.3 Å². The number of hydrogen-bond acceptors (Lipinski definition) is 8. The number of aromatic nitrogens is 1. The van der Waals surface area contributed by atoms with Crippen LogP contribution < -0.4 is 10.6 Å². The van der Waals surface area contributed by atoms with Gasteiger partial charge >= 0.3 is 11.9 Å². The van der Waals surface area contributed by atoms with Crippen LogP contribution in [0.2, 0.25) is 0 Å². The van der Waals surface area contributed by atoms with Crippen molar-refractivity contribution in [3.8, 4) is 11.3 Å². The number of anilines is 2. The van der Waals surface area contributed by atoms with Crippen molar-refractivity contribution in [2.75, 3.05) is 18.5 Å². The molecule has 0 spiro atoms. The number of rotatable bonds is 8. The number of carbonyl (C=O) groups is 2. The van der Waals surface area contributed by atoms with E-state index in [1.807, 2.05) is 67.8 Å². The third kappa shape index (κ3) is 5.78. The van der Waals surface area contributed by atoms with Crippen LogP contribution in [0.25, 0.3) is 11.3 Å². The van der Waals surface area contributed by atoms with Gasteiger partial charge in [-0.05, 0) is 51.5 Å². The Kier molecular flexibility index (Phi) is 8.45. The van der Waals surface area contributed by atoms with E-state index in [4.69, 9.17) is 14.5 Å². The van der Waals surface area contributed by atoms with Crippen molar-refractivity contribution in [3.63, 3.8) is 0 Å². The minimum atomic E-state index is -0.686. The summed E-state index contributed by atoms with van der Waals surface area (Å²) in [5, 5.41) is 9.27. The van der Waals surface area contributed by atoms with Crippen LogP contribution in [-0.4, -0.2) is 30.1 Å². The van der Waals surface area contributed by atoms with Crippen LogP contribution in [0, 0.1) is 0 Å². The monoisotopic (exact) mass is 581 g/mol. The molecule has 2 aromatic carbocycles. The van der Waals surface area contributed by atoms with Crippen LogP contribution in [0.5, 0.6) is 0 Å². The van der Waals surface area contributed by atoms with Gasteiger partial charge in [0.1, 0.15) is 0 Å². The van der Waals surface area contributed by atoms with Crippen molar-refractivity contribution in [2.45, 2.75) is 33.6 Å². The number of nitrogens with one attached hydrogen (secondary N) is 2. The van der Waals surface area contributed by atoms with E-state index in [2.05, 4.69) is 26.6 Å². The lowest BCUT2D eigenvalue weighted by Crippen LogP contribution is -2.32. The maximum absolute atomic E-state index is 13.1. The van der Waals surface area contributed by atoms with Gasteiger partial charge in [0.15, 0.2) is 5.13 Å². The zero-order chi connectivity index (χ0) is 26.5. The number of benzene rings is 2. The molecular formula is C28H28BrN3O4S. The van der Waals surface area contributed by atoms with Crippen LogP contribution >= 0.6 is 27.3 Å². The molecule has 0 aliphatic carbocycles. The first kappa shape index (κ1) is 26.6. The molecule has 1 aromatic heterocycles. The fourth-order valence-corrected chi connectivity index (χ4v) is 5.32. The topological polar surface area (TPSA) is 89.5 Å². The number of esters is 2. The van der Waals surface area contributed by atoms with Gasteiger partial charge in [0.2, 0.25) is 0 Å². The lowest BCUT2D eigenvalue weighted by molar-refractivity contribution is -0.139. The molecule has 0 saturated heterocycles. The van der Waals surface area contributed by atoms with E-state index in [0.717, 1.165) is 27.0 Å². The standard InChI is InChI=1S/C28H28BrN3O4S/c1-5-35-26(33)23-16(3)30-17(4)24(27(34)36-6-2)25(23)20-9-7-8-10-21(20)31-28-32-22(15-37-28)18-11-13-19(29)14-12-18/h7-15,25,30H,5-6H2,1-4H3,(H,31,32). The number of thiazole rings is 1. The summed E-state index contributed by atoms with van der Waals surface area (Å²) in [6.45, 7) is 7.58. The third-order valence-electron chi connectivity index (χ3n) is 5.91. The fraction of sp³-hybridized carbons (Fsp3) is 0.250. The largest absolute Gasteiger partial charge is 0.463 e. The van der Waals surface area contributed by atoms with Gasteiger partial charge in [0, 0.05) is 32.5 Å². The van der Waals surface area contributed by atoms with Gasteiger partial charge in [-0.25, -0.2) is 14.6 Å². The summed E-state index contributed by atoms with van der Waals surface area (Å²) < 4.78 is 11.8. The van der Waals surface area contributed by atoms with Crippen molar-refractivity contribution in [1.29, 1.82) is 0 Å². The van der Waals surface area contributed by atoms with Crippen LogP contribution in [0.3, 0.4) is 0 Å². The number of ether oxygens (including phenoxy) is 2. The molecule has 1 aliphatic rings. The van der Waals surface area contributed by atoms with Crippen LogP contribution in [-0.2, 0) is 19.1 Å². The first-order valence-electron chi connectivity index (χ1n) is 11.9. The van der Waals surface area contributed by atoms with Crippen molar-refractivity contribution in [2.24, 2.45) is 0 Å². The van der Waals surface area contributed by atoms with Gasteiger partial charge in [-0.3, -0.25) is 0 Å². The molecule has 2 N–H and O–H groups in total. The Labute approximate surface area is 228 Å². The number of hydrogen-bond donors (Lipinski definition) is 2. The molecular weight excluding hydrogens is 554 g/mol. The summed E-state index contributed by atoms with van der Waals surface area (Å²) in [6, 6.07) is 15.6. The van der Waals surface area contributed by atoms with Crippen molar-refractivity contribution in [1.82, 2.24) is 10.3 Å². The lowest BCUT2D eigenvalue weighted by atomic mass is 9.79. The van der Waals surface area contributed by atoms with Crippen LogP contribution in [0.1, 0.15) is 39.2 Å². The average Bonchev–Trinajstić information content (AvgIpc) is 3.33. The van der Waals surface area contributed by atoms with Gasteiger partial charge in [0.25, 0.3) is 0 Å². The zero-order valence-electron chi connectivity index (χ0n) is 21.1. The Morgan fingerprint density at radius 1 is 0.973 bits per heavy atom. The summed E-state index contributed by atoms with van der Waals surface area (Å²) in [5.74, 6) is -1.64. The normalized spacial score (nSPS) is 13.9. The molecule has 7 nitrogen and oxygen atoms in total. The lowest BCUT2D eigenvalue weighted by Gasteiger charge is -2.31. The highest BCUT2D eigenvalue weighted by atomic mass is 79.9. The molecule has 0 bridgehead atoms. The van der Waals surface area contributed by atoms with Gasteiger partial charge in [0.05, 0.1) is 36.0 Å². The highest BCUT2D eigenvalue weighted by molar-refractivity contribution is 9.10. The summed E-state index contributed by atoms with van der Waals surface area (Å²) in [5.41, 5.74) is 5.35. The second kappa shape index (κ2) is 11.7. The SMILES string of the molecule is CCOC(=O)C1=C(C)NC(C)=C(C(=O)OCC)C1c1ccccc1Nc1nc(-c2ccc(Br)cc2)cs1. The maximum atomic E-state index is 13.1. The number of allylic oxidation sites excluding steroid dienone is 2. The Hall–Kier alpha value is -3.43. The maximum Gasteiger partial charge on any atom is 0.336 e. The molecule has 0 amide bonds. The van der Waals surface area contributed by atoms with Crippen molar-refractivity contribution in [3.05, 3.63) is 86.5 Å². The third-order valence-corrected chi connectivity index (χ3v) is 7.20.